The molecule has 0 saturated heterocycles. The minimum absolute atomic E-state index is 0.992. The highest BCUT2D eigenvalue weighted by Gasteiger charge is 1.94. The molecule has 0 N–H and O–H groups in total. The number of hydrogen-bond acceptors (Lipinski definition) is 2. The molecular formula is C16H18N2. The summed E-state index contributed by atoms with van der Waals surface area (Å²) in [6.07, 6.45) is 1.90. The second-order valence-electron chi connectivity index (χ2n) is 4.58. The van der Waals surface area contributed by atoms with Gasteiger partial charge < -0.3 is 4.90 Å². The average molecular weight is 238 g/mol. The molecule has 0 heterocycles. The van der Waals surface area contributed by atoms with E-state index in [0.29, 0.717) is 0 Å². The van der Waals surface area contributed by atoms with Gasteiger partial charge in [-0.05, 0) is 42.3 Å². The molecule has 92 valence electrons. The standard InChI is InChI=1S/C16H18N2/c1-13-5-4-6-15(11-13)17-12-14-7-9-16(10-8-14)18(2)3/h4-12H,1-3H3. The number of hydrogen-bond donors (Lipinski definition) is 0. The first-order chi connectivity index (χ1) is 8.65. The van der Waals surface area contributed by atoms with Gasteiger partial charge in [0.05, 0.1) is 5.69 Å². The molecule has 0 aliphatic rings. The van der Waals surface area contributed by atoms with Crippen molar-refractivity contribution < 1.29 is 0 Å². The van der Waals surface area contributed by atoms with Crippen molar-refractivity contribution in [2.24, 2.45) is 4.99 Å². The van der Waals surface area contributed by atoms with Gasteiger partial charge in [-0.25, -0.2) is 0 Å². The maximum absolute atomic E-state index is 4.47. The van der Waals surface area contributed by atoms with Crippen LogP contribution in [-0.4, -0.2) is 20.3 Å². The molecule has 0 fully saturated rings. The highest BCUT2D eigenvalue weighted by atomic mass is 15.1. The third-order valence-electron chi connectivity index (χ3n) is 2.77. The predicted octanol–water partition coefficient (Wildman–Crippen LogP) is 3.81. The zero-order valence-corrected chi connectivity index (χ0v) is 11.1. The van der Waals surface area contributed by atoms with Crippen LogP contribution in [0.15, 0.2) is 53.5 Å². The fourth-order valence-corrected chi connectivity index (χ4v) is 1.72. The fraction of sp³-hybridized carbons (Fsp3) is 0.188. The average Bonchev–Trinajstić information content (AvgIpc) is 2.37. The Kier molecular flexibility index (Phi) is 3.78. The molecule has 2 nitrogen and oxygen atoms in total. The third-order valence-corrected chi connectivity index (χ3v) is 2.77. The van der Waals surface area contributed by atoms with Crippen LogP contribution in [0.3, 0.4) is 0 Å². The largest absolute Gasteiger partial charge is 0.378 e. The lowest BCUT2D eigenvalue weighted by molar-refractivity contribution is 1.13. The smallest absolute Gasteiger partial charge is 0.0632 e. The number of anilines is 1. The molecule has 2 aromatic carbocycles. The van der Waals surface area contributed by atoms with Crippen LogP contribution in [0.5, 0.6) is 0 Å². The number of rotatable bonds is 3. The van der Waals surface area contributed by atoms with Crippen molar-refractivity contribution in [2.45, 2.75) is 6.92 Å². The monoisotopic (exact) mass is 238 g/mol. The maximum Gasteiger partial charge on any atom is 0.0632 e. The van der Waals surface area contributed by atoms with E-state index in [1.807, 2.05) is 32.4 Å². The molecule has 2 aromatic rings. The summed E-state index contributed by atoms with van der Waals surface area (Å²) >= 11 is 0. The number of nitrogens with zero attached hydrogens (tertiary/aromatic N) is 2. The Hall–Kier alpha value is -2.09. The second kappa shape index (κ2) is 5.50. The Bertz CT molecular complexity index is 539. The van der Waals surface area contributed by atoms with Gasteiger partial charge in [0.1, 0.15) is 0 Å². The highest BCUT2D eigenvalue weighted by molar-refractivity contribution is 5.82. The lowest BCUT2D eigenvalue weighted by Gasteiger charge is -2.11. The van der Waals surface area contributed by atoms with Crippen LogP contribution in [0.25, 0.3) is 0 Å². The first-order valence-electron chi connectivity index (χ1n) is 6.03. The van der Waals surface area contributed by atoms with E-state index < -0.39 is 0 Å². The first-order valence-corrected chi connectivity index (χ1v) is 6.03. The van der Waals surface area contributed by atoms with E-state index in [9.17, 15) is 0 Å². The molecule has 0 unspecified atom stereocenters. The summed E-state index contributed by atoms with van der Waals surface area (Å²) < 4.78 is 0. The Balaban J connectivity index is 2.14. The summed E-state index contributed by atoms with van der Waals surface area (Å²) in [4.78, 5) is 6.56. The molecule has 0 aliphatic heterocycles. The molecule has 0 bridgehead atoms. The van der Waals surface area contributed by atoms with E-state index in [4.69, 9.17) is 0 Å². The van der Waals surface area contributed by atoms with Gasteiger partial charge >= 0.3 is 0 Å². The lowest BCUT2D eigenvalue weighted by Crippen LogP contribution is -2.08. The Morgan fingerprint density at radius 3 is 2.33 bits per heavy atom. The van der Waals surface area contributed by atoms with Gasteiger partial charge in [-0.2, -0.15) is 0 Å². The molecule has 0 saturated carbocycles. The number of aryl methyl sites for hydroxylation is 1. The number of aliphatic imine (C=N–C) groups is 1. The number of benzene rings is 2. The van der Waals surface area contributed by atoms with Crippen molar-refractivity contribution >= 4 is 17.6 Å². The van der Waals surface area contributed by atoms with Crippen LogP contribution in [0.4, 0.5) is 11.4 Å². The molecule has 0 aromatic heterocycles. The van der Waals surface area contributed by atoms with Crippen LogP contribution < -0.4 is 4.90 Å². The van der Waals surface area contributed by atoms with Crippen LogP contribution in [-0.2, 0) is 0 Å². The Morgan fingerprint density at radius 2 is 1.72 bits per heavy atom. The molecule has 2 rings (SSSR count). The van der Waals surface area contributed by atoms with E-state index in [-0.39, 0.29) is 0 Å². The van der Waals surface area contributed by atoms with Gasteiger partial charge in [0.15, 0.2) is 0 Å². The normalized spacial score (nSPS) is 10.8. The summed E-state index contributed by atoms with van der Waals surface area (Å²) in [5, 5.41) is 0. The summed E-state index contributed by atoms with van der Waals surface area (Å²) in [5.41, 5.74) is 4.53. The molecule has 0 atom stereocenters. The maximum atomic E-state index is 4.47. The van der Waals surface area contributed by atoms with Gasteiger partial charge in [-0.1, -0.05) is 24.3 Å². The fourth-order valence-electron chi connectivity index (χ4n) is 1.72. The summed E-state index contributed by atoms with van der Waals surface area (Å²) in [6, 6.07) is 16.5. The van der Waals surface area contributed by atoms with Gasteiger partial charge in [-0.3, -0.25) is 4.99 Å². The zero-order valence-electron chi connectivity index (χ0n) is 11.1. The van der Waals surface area contributed by atoms with Crippen LogP contribution in [0, 0.1) is 6.92 Å². The van der Waals surface area contributed by atoms with E-state index in [1.54, 1.807) is 0 Å². The first kappa shape index (κ1) is 12.4. The summed E-state index contributed by atoms with van der Waals surface area (Å²) in [7, 11) is 4.08. The van der Waals surface area contributed by atoms with Gasteiger partial charge in [0, 0.05) is 26.0 Å². The van der Waals surface area contributed by atoms with Crippen LogP contribution in [0.2, 0.25) is 0 Å². The zero-order chi connectivity index (χ0) is 13.0. The molecule has 0 aliphatic carbocycles. The minimum atomic E-state index is 0.992. The van der Waals surface area contributed by atoms with Gasteiger partial charge in [-0.15, -0.1) is 0 Å². The van der Waals surface area contributed by atoms with Crippen molar-refractivity contribution in [2.75, 3.05) is 19.0 Å². The lowest BCUT2D eigenvalue weighted by atomic mass is 10.2. The molecular weight excluding hydrogens is 220 g/mol. The molecule has 0 spiro atoms. The minimum Gasteiger partial charge on any atom is -0.378 e. The van der Waals surface area contributed by atoms with E-state index in [0.717, 1.165) is 11.3 Å². The van der Waals surface area contributed by atoms with E-state index in [2.05, 4.69) is 53.2 Å². The second-order valence-corrected chi connectivity index (χ2v) is 4.58. The Morgan fingerprint density at radius 1 is 1.00 bits per heavy atom. The summed E-state index contributed by atoms with van der Waals surface area (Å²) in [5.74, 6) is 0. The summed E-state index contributed by atoms with van der Waals surface area (Å²) in [6.45, 7) is 2.07. The van der Waals surface area contributed by atoms with Crippen molar-refractivity contribution in [3.05, 3.63) is 59.7 Å². The predicted molar refractivity (Wildman–Crippen MR) is 79.2 cm³/mol. The molecule has 0 amide bonds. The van der Waals surface area contributed by atoms with Crippen molar-refractivity contribution in [3.8, 4) is 0 Å². The SMILES string of the molecule is Cc1cccc(N=Cc2ccc(N(C)C)cc2)c1. The quantitative estimate of drug-likeness (QED) is 0.742. The van der Waals surface area contributed by atoms with Gasteiger partial charge in [0.2, 0.25) is 0 Å². The highest BCUT2D eigenvalue weighted by Crippen LogP contribution is 2.15. The Labute approximate surface area is 109 Å². The van der Waals surface area contributed by atoms with Gasteiger partial charge in [0.25, 0.3) is 0 Å². The van der Waals surface area contributed by atoms with Crippen molar-refractivity contribution in [3.63, 3.8) is 0 Å². The topological polar surface area (TPSA) is 15.6 Å². The van der Waals surface area contributed by atoms with E-state index in [1.165, 1.54) is 11.3 Å². The third kappa shape index (κ3) is 3.20. The van der Waals surface area contributed by atoms with Crippen molar-refractivity contribution in [1.29, 1.82) is 0 Å². The van der Waals surface area contributed by atoms with Crippen LogP contribution >= 0.6 is 0 Å². The van der Waals surface area contributed by atoms with Crippen molar-refractivity contribution in [1.82, 2.24) is 0 Å². The van der Waals surface area contributed by atoms with Crippen LogP contribution in [0.1, 0.15) is 11.1 Å². The molecule has 18 heavy (non-hydrogen) atoms. The molecule has 0 radical (unpaired) electrons. The molecule has 2 heteroatoms. The van der Waals surface area contributed by atoms with E-state index >= 15 is 0 Å².